The summed E-state index contributed by atoms with van der Waals surface area (Å²) in [6, 6.07) is 0. The molecule has 3 unspecified atom stereocenters. The second-order valence-corrected chi connectivity index (χ2v) is 22.3. The van der Waals surface area contributed by atoms with E-state index in [4.69, 9.17) is 23.3 Å². The minimum atomic E-state index is -4.76. The minimum Gasteiger partial charge on any atom is -0.462 e. The fourth-order valence-corrected chi connectivity index (χ4v) is 9.38. The van der Waals surface area contributed by atoms with Gasteiger partial charge in [-0.15, -0.1) is 0 Å². The van der Waals surface area contributed by atoms with Crippen molar-refractivity contribution < 1.29 is 52.2 Å². The summed E-state index contributed by atoms with van der Waals surface area (Å²) in [6.07, 6.45) is 69.7. The normalized spacial score (nSPS) is 13.9. The Hall–Kier alpha value is -3.34. The van der Waals surface area contributed by atoms with Crippen LogP contribution in [0.5, 0.6) is 0 Å². The van der Waals surface area contributed by atoms with Gasteiger partial charge in [-0.25, -0.2) is 4.57 Å². The van der Waals surface area contributed by atoms with Crippen LogP contribution in [-0.2, 0) is 42.2 Å². The number of ether oxygens (including phenoxy) is 3. The quantitative estimate of drug-likeness (QED) is 0.0197. The van der Waals surface area contributed by atoms with E-state index >= 15 is 0 Å². The van der Waals surface area contributed by atoms with Gasteiger partial charge >= 0.3 is 25.7 Å². The molecule has 0 saturated carbocycles. The highest BCUT2D eigenvalue weighted by Crippen LogP contribution is 2.43. The number of esters is 3. The molecule has 0 aliphatic rings. The first-order chi connectivity index (χ1) is 38.2. The number of phosphoric acid groups is 1. The van der Waals surface area contributed by atoms with E-state index in [0.29, 0.717) is 19.3 Å². The van der Waals surface area contributed by atoms with Gasteiger partial charge in [0.15, 0.2) is 6.10 Å². The Kier molecular flexibility index (Phi) is 57.2. The molecule has 0 aromatic carbocycles. The summed E-state index contributed by atoms with van der Waals surface area (Å²) in [5, 5.41) is 9.82. The molecule has 2 N–H and O–H groups in total. The molecule has 0 spiro atoms. The molecule has 0 bridgehead atoms. The zero-order valence-electron chi connectivity index (χ0n) is 49.9. The molecular weight excluding hydrogens is 1000 g/mol. The lowest BCUT2D eigenvalue weighted by atomic mass is 10.0. The number of carbonyl (C=O) groups excluding carboxylic acids is 3. The average Bonchev–Trinajstić information content (AvgIpc) is 3.43. The Bertz CT molecular complexity index is 1630. The first-order valence-corrected chi connectivity index (χ1v) is 33.0. The molecule has 0 aliphatic heterocycles. The summed E-state index contributed by atoms with van der Waals surface area (Å²) < 4.78 is 39.6. The summed E-state index contributed by atoms with van der Waals surface area (Å²) in [4.78, 5) is 48.7. The van der Waals surface area contributed by atoms with Crippen LogP contribution in [0.25, 0.3) is 0 Å². The van der Waals surface area contributed by atoms with Crippen LogP contribution in [0.3, 0.4) is 0 Å². The van der Waals surface area contributed by atoms with E-state index in [2.05, 4.69) is 106 Å². The van der Waals surface area contributed by atoms with Crippen molar-refractivity contribution in [2.24, 2.45) is 0 Å². The molecule has 78 heavy (non-hydrogen) atoms. The van der Waals surface area contributed by atoms with Gasteiger partial charge in [0, 0.05) is 19.3 Å². The van der Waals surface area contributed by atoms with Crippen LogP contribution in [0.4, 0.5) is 0 Å². The lowest BCUT2D eigenvalue weighted by Crippen LogP contribution is -2.30. The van der Waals surface area contributed by atoms with Gasteiger partial charge in [-0.05, 0) is 89.9 Å². The number of hydrogen-bond acceptors (Lipinski definition) is 10. The van der Waals surface area contributed by atoms with Gasteiger partial charge in [0.2, 0.25) is 0 Å². The van der Waals surface area contributed by atoms with E-state index in [1.807, 2.05) is 0 Å². The summed E-state index contributed by atoms with van der Waals surface area (Å²) in [5.74, 6) is -1.50. The number of unbranched alkanes of at least 4 members (excludes halogenated alkanes) is 27. The van der Waals surface area contributed by atoms with Crippen LogP contribution in [0, 0.1) is 0 Å². The highest BCUT2D eigenvalue weighted by molar-refractivity contribution is 7.47. The van der Waals surface area contributed by atoms with Crippen molar-refractivity contribution in [2.45, 2.75) is 290 Å². The van der Waals surface area contributed by atoms with Crippen molar-refractivity contribution in [2.75, 3.05) is 26.4 Å². The number of carbonyl (C=O) groups is 3. The number of aliphatic hydroxyl groups excluding tert-OH is 1. The maximum atomic E-state index is 13.0. The molecular formula is C66H115O11P. The molecule has 0 fully saturated rings. The van der Waals surface area contributed by atoms with E-state index in [1.54, 1.807) is 0 Å². The van der Waals surface area contributed by atoms with Gasteiger partial charge < -0.3 is 24.2 Å². The van der Waals surface area contributed by atoms with Crippen LogP contribution in [0.1, 0.15) is 278 Å². The van der Waals surface area contributed by atoms with Gasteiger partial charge in [0.25, 0.3) is 0 Å². The number of aliphatic hydroxyl groups is 1. The molecule has 0 aliphatic carbocycles. The van der Waals surface area contributed by atoms with E-state index in [1.165, 1.54) is 96.3 Å². The van der Waals surface area contributed by atoms with Gasteiger partial charge in [-0.2, -0.15) is 0 Å². The third kappa shape index (κ3) is 57.3. The monoisotopic (exact) mass is 1110 g/mol. The van der Waals surface area contributed by atoms with E-state index < -0.39 is 57.8 Å². The number of phosphoric ester groups is 1. The maximum Gasteiger partial charge on any atom is 0.472 e. The molecule has 0 heterocycles. The van der Waals surface area contributed by atoms with Crippen molar-refractivity contribution in [3.63, 3.8) is 0 Å². The molecule has 0 saturated heterocycles. The second-order valence-electron chi connectivity index (χ2n) is 20.8. The SMILES string of the molecule is CC/C=C\C/C=C\C/C=C\C/C=C\CCCCCCCCC(=O)OCC(COP(=O)(O)OCC(CO)OC(=O)CCCCC/C=C\C/C=C\C/C=C\CC)OC(=O)CCCCCCCCCCCCCCCCCCCCC. The zero-order chi connectivity index (χ0) is 56.9. The fraction of sp³-hybridized carbons (Fsp3) is 0.742. The lowest BCUT2D eigenvalue weighted by molar-refractivity contribution is -0.161. The molecule has 11 nitrogen and oxygen atoms in total. The van der Waals surface area contributed by atoms with Crippen molar-refractivity contribution in [3.05, 3.63) is 85.1 Å². The molecule has 3 atom stereocenters. The van der Waals surface area contributed by atoms with Gasteiger partial charge in [0.1, 0.15) is 12.7 Å². The Balaban J connectivity index is 4.74. The van der Waals surface area contributed by atoms with Crippen molar-refractivity contribution >= 4 is 25.7 Å². The number of hydrogen-bond donors (Lipinski definition) is 2. The highest BCUT2D eigenvalue weighted by Gasteiger charge is 2.28. The standard InChI is InChI=1S/C66H115O11P/c1-4-7-10-13-16-19-22-25-27-29-31-33-35-38-40-43-46-49-52-55-64(68)73-59-63(77-66(70)57-54-51-48-45-42-39-36-34-32-30-28-26-23-20-17-14-11-8-5-2)61-75-78(71,72)74-60-62(58-67)76-65(69)56-53-50-47-44-41-37-24-21-18-15-12-9-6-3/h7,9-10,12,16,18-19,21,25,27,31,33,37,41,62-63,67H,4-6,8,11,13-15,17,20,22-24,26,28-30,32,34-36,38-40,42-61H2,1-3H3,(H,71,72)/b10-7-,12-9-,19-16-,21-18-,27-25-,33-31-,41-37-. The summed E-state index contributed by atoms with van der Waals surface area (Å²) in [6.45, 7) is 4.40. The zero-order valence-corrected chi connectivity index (χ0v) is 50.8. The number of rotatable bonds is 58. The van der Waals surface area contributed by atoms with Crippen molar-refractivity contribution in [3.8, 4) is 0 Å². The third-order valence-electron chi connectivity index (χ3n) is 13.3. The van der Waals surface area contributed by atoms with Crippen molar-refractivity contribution in [1.82, 2.24) is 0 Å². The Morgan fingerprint density at radius 2 is 0.667 bits per heavy atom. The average molecular weight is 1120 g/mol. The summed E-state index contributed by atoms with van der Waals surface area (Å²) in [5.41, 5.74) is 0. The second kappa shape index (κ2) is 59.8. The van der Waals surface area contributed by atoms with Crippen molar-refractivity contribution in [1.29, 1.82) is 0 Å². The Morgan fingerprint density at radius 3 is 1.04 bits per heavy atom. The first-order valence-electron chi connectivity index (χ1n) is 31.5. The van der Waals surface area contributed by atoms with E-state index in [9.17, 15) is 28.9 Å². The smallest absolute Gasteiger partial charge is 0.462 e. The van der Waals surface area contributed by atoms with Gasteiger partial charge in [-0.3, -0.25) is 23.4 Å². The Labute approximate surface area is 477 Å². The summed E-state index contributed by atoms with van der Waals surface area (Å²) >= 11 is 0. The van der Waals surface area contributed by atoms with Crippen LogP contribution in [-0.4, -0.2) is 66.5 Å². The Morgan fingerprint density at radius 1 is 0.372 bits per heavy atom. The molecule has 0 rings (SSSR count). The van der Waals surface area contributed by atoms with Crippen LogP contribution in [0.2, 0.25) is 0 Å². The third-order valence-corrected chi connectivity index (χ3v) is 14.3. The first kappa shape index (κ1) is 74.7. The van der Waals surface area contributed by atoms with Crippen LogP contribution < -0.4 is 0 Å². The predicted molar refractivity (Wildman–Crippen MR) is 325 cm³/mol. The number of allylic oxidation sites excluding steroid dienone is 14. The van der Waals surface area contributed by atoms with E-state index in [0.717, 1.165) is 122 Å². The van der Waals surface area contributed by atoms with Gasteiger partial charge in [-0.1, -0.05) is 254 Å². The minimum absolute atomic E-state index is 0.139. The lowest BCUT2D eigenvalue weighted by Gasteiger charge is -2.21. The molecule has 0 amide bonds. The molecule has 12 heteroatoms. The fourth-order valence-electron chi connectivity index (χ4n) is 8.60. The largest absolute Gasteiger partial charge is 0.472 e. The topological polar surface area (TPSA) is 155 Å². The summed E-state index contributed by atoms with van der Waals surface area (Å²) in [7, 11) is -4.76. The molecule has 0 radical (unpaired) electrons. The van der Waals surface area contributed by atoms with E-state index in [-0.39, 0.29) is 25.9 Å². The molecule has 450 valence electrons. The maximum absolute atomic E-state index is 13.0. The van der Waals surface area contributed by atoms with Gasteiger partial charge in [0.05, 0.1) is 19.8 Å². The predicted octanol–water partition coefficient (Wildman–Crippen LogP) is 19.0. The van der Waals surface area contributed by atoms with Crippen LogP contribution >= 0.6 is 7.82 Å². The molecule has 0 aromatic heterocycles. The van der Waals surface area contributed by atoms with Crippen LogP contribution in [0.15, 0.2) is 85.1 Å². The molecule has 0 aromatic rings. The highest BCUT2D eigenvalue weighted by atomic mass is 31.2.